The maximum absolute atomic E-state index is 13.0. The highest BCUT2D eigenvalue weighted by Gasteiger charge is 2.40. The van der Waals surface area contributed by atoms with E-state index in [0.717, 1.165) is 38.9 Å². The number of nitrogens with two attached hydrogens (primary N) is 1. The van der Waals surface area contributed by atoms with E-state index in [4.69, 9.17) is 5.73 Å². The van der Waals surface area contributed by atoms with Crippen LogP contribution >= 0.6 is 24.8 Å². The number of carbonyl (C=O) groups excluding carboxylic acids is 3. The van der Waals surface area contributed by atoms with Crippen LogP contribution in [0.25, 0.3) is 0 Å². The first-order valence-electron chi connectivity index (χ1n) is 10.8. The van der Waals surface area contributed by atoms with Crippen LogP contribution in [-0.4, -0.2) is 90.8 Å². The molecule has 30 heavy (non-hydrogen) atoms. The molecule has 174 valence electrons. The van der Waals surface area contributed by atoms with E-state index in [1.165, 1.54) is 6.42 Å². The average molecular weight is 466 g/mol. The Labute approximate surface area is 192 Å². The molecule has 3 amide bonds. The molecule has 0 saturated carbocycles. The molecule has 0 aromatic carbocycles. The van der Waals surface area contributed by atoms with Gasteiger partial charge in [0.15, 0.2) is 0 Å². The molecule has 8 nitrogen and oxygen atoms in total. The van der Waals surface area contributed by atoms with Crippen LogP contribution in [-0.2, 0) is 14.4 Å². The Morgan fingerprint density at radius 2 is 1.83 bits per heavy atom. The molecule has 3 aliphatic heterocycles. The van der Waals surface area contributed by atoms with E-state index in [2.05, 4.69) is 17.1 Å². The summed E-state index contributed by atoms with van der Waals surface area (Å²) < 4.78 is 0. The van der Waals surface area contributed by atoms with Crippen molar-refractivity contribution in [2.24, 2.45) is 17.6 Å². The van der Waals surface area contributed by atoms with E-state index in [1.54, 1.807) is 4.90 Å². The number of nitrogens with one attached hydrogen (secondary N) is 1. The lowest BCUT2D eigenvalue weighted by molar-refractivity contribution is -0.139. The van der Waals surface area contributed by atoms with Crippen LogP contribution in [0.3, 0.4) is 0 Å². The van der Waals surface area contributed by atoms with Crippen LogP contribution in [0.2, 0.25) is 0 Å². The summed E-state index contributed by atoms with van der Waals surface area (Å²) in [5.74, 6) is -0.335. The van der Waals surface area contributed by atoms with Gasteiger partial charge in [-0.3, -0.25) is 19.3 Å². The molecule has 3 unspecified atom stereocenters. The van der Waals surface area contributed by atoms with E-state index in [-0.39, 0.29) is 54.4 Å². The van der Waals surface area contributed by atoms with Crippen LogP contribution < -0.4 is 11.1 Å². The van der Waals surface area contributed by atoms with Gasteiger partial charge >= 0.3 is 0 Å². The third kappa shape index (κ3) is 6.45. The fraction of sp³-hybridized carbons (Fsp3) is 0.850. The first-order valence-corrected chi connectivity index (χ1v) is 10.8. The molecule has 3 atom stereocenters. The fourth-order valence-electron chi connectivity index (χ4n) is 4.88. The van der Waals surface area contributed by atoms with Crippen molar-refractivity contribution < 1.29 is 14.4 Å². The minimum absolute atomic E-state index is 0. The largest absolute Gasteiger partial charge is 0.355 e. The number of likely N-dealkylation sites (N-methyl/N-ethyl adjacent to an activating group) is 1. The fourth-order valence-corrected chi connectivity index (χ4v) is 4.88. The monoisotopic (exact) mass is 465 g/mol. The normalized spacial score (nSPS) is 26.9. The number of hydrogen-bond acceptors (Lipinski definition) is 5. The van der Waals surface area contributed by atoms with Gasteiger partial charge in [-0.05, 0) is 38.8 Å². The standard InChI is InChI=1S/C20H35N5O3.2ClH/c1-2-23-9-4-6-17(23)14-25-13-16(11-18(25)26)20(28)24-10-3-5-15(12-24)19(27)22-8-7-21;;/h15-17H,2-14,21H2,1H3,(H,22,27);2*1H. The number of nitrogens with zero attached hydrogens (tertiary/aromatic N) is 3. The third-order valence-electron chi connectivity index (χ3n) is 6.45. The maximum Gasteiger partial charge on any atom is 0.228 e. The zero-order valence-electron chi connectivity index (χ0n) is 17.9. The van der Waals surface area contributed by atoms with Gasteiger partial charge in [0.2, 0.25) is 17.7 Å². The maximum atomic E-state index is 13.0. The lowest BCUT2D eigenvalue weighted by atomic mass is 9.95. The van der Waals surface area contributed by atoms with Crippen LogP contribution in [0.15, 0.2) is 0 Å². The molecule has 0 aliphatic carbocycles. The van der Waals surface area contributed by atoms with Gasteiger partial charge in [-0.2, -0.15) is 0 Å². The van der Waals surface area contributed by atoms with Gasteiger partial charge in [-0.25, -0.2) is 0 Å². The van der Waals surface area contributed by atoms with Crippen molar-refractivity contribution in [1.82, 2.24) is 20.0 Å². The Kier molecular flexibility index (Phi) is 11.4. The van der Waals surface area contributed by atoms with Gasteiger partial charge in [0.25, 0.3) is 0 Å². The Hall–Kier alpha value is -1.09. The van der Waals surface area contributed by atoms with Crippen molar-refractivity contribution in [2.75, 3.05) is 52.4 Å². The number of hydrogen-bond donors (Lipinski definition) is 2. The smallest absolute Gasteiger partial charge is 0.228 e. The van der Waals surface area contributed by atoms with Crippen molar-refractivity contribution in [3.05, 3.63) is 0 Å². The molecular formula is C20H37Cl2N5O3. The summed E-state index contributed by atoms with van der Waals surface area (Å²) >= 11 is 0. The highest BCUT2D eigenvalue weighted by Crippen LogP contribution is 2.26. The zero-order valence-corrected chi connectivity index (χ0v) is 19.5. The molecule has 0 aromatic heterocycles. The molecule has 3 heterocycles. The third-order valence-corrected chi connectivity index (χ3v) is 6.45. The predicted molar refractivity (Wildman–Crippen MR) is 121 cm³/mol. The number of likely N-dealkylation sites (tertiary alicyclic amines) is 3. The van der Waals surface area contributed by atoms with Gasteiger partial charge in [0, 0.05) is 51.7 Å². The molecule has 3 saturated heterocycles. The molecule has 3 fully saturated rings. The average Bonchev–Trinajstić information content (AvgIpc) is 3.32. The van der Waals surface area contributed by atoms with E-state index >= 15 is 0 Å². The van der Waals surface area contributed by atoms with E-state index < -0.39 is 0 Å². The molecule has 0 aromatic rings. The molecule has 0 spiro atoms. The second-order valence-electron chi connectivity index (χ2n) is 8.33. The SMILES string of the molecule is CCN1CCCC1CN1CC(C(=O)N2CCCC(C(=O)NCCN)C2)CC1=O.Cl.Cl. The molecule has 0 radical (unpaired) electrons. The summed E-state index contributed by atoms with van der Waals surface area (Å²) in [6, 6.07) is 0.424. The van der Waals surface area contributed by atoms with Crippen LogP contribution in [0.4, 0.5) is 0 Å². The highest BCUT2D eigenvalue weighted by molar-refractivity contribution is 5.90. The number of rotatable bonds is 7. The molecule has 3 aliphatic rings. The summed E-state index contributed by atoms with van der Waals surface area (Å²) in [4.78, 5) is 43.9. The Morgan fingerprint density at radius 3 is 2.53 bits per heavy atom. The molecule has 0 bridgehead atoms. The van der Waals surface area contributed by atoms with E-state index in [9.17, 15) is 14.4 Å². The van der Waals surface area contributed by atoms with Crippen LogP contribution in [0.1, 0.15) is 39.0 Å². The lowest BCUT2D eigenvalue weighted by Crippen LogP contribution is -2.48. The van der Waals surface area contributed by atoms with Crippen molar-refractivity contribution in [2.45, 2.75) is 45.1 Å². The Bertz CT molecular complexity index is 595. The summed E-state index contributed by atoms with van der Waals surface area (Å²) in [6.45, 7) is 7.54. The minimum Gasteiger partial charge on any atom is -0.355 e. The van der Waals surface area contributed by atoms with Crippen molar-refractivity contribution in [3.63, 3.8) is 0 Å². The van der Waals surface area contributed by atoms with Crippen LogP contribution in [0.5, 0.6) is 0 Å². The second kappa shape index (κ2) is 12.7. The summed E-state index contributed by atoms with van der Waals surface area (Å²) in [5, 5.41) is 2.83. The zero-order chi connectivity index (χ0) is 20.1. The number of halogens is 2. The summed E-state index contributed by atoms with van der Waals surface area (Å²) in [7, 11) is 0. The Morgan fingerprint density at radius 1 is 1.10 bits per heavy atom. The van der Waals surface area contributed by atoms with Crippen LogP contribution in [0, 0.1) is 11.8 Å². The van der Waals surface area contributed by atoms with Gasteiger partial charge < -0.3 is 20.9 Å². The first-order chi connectivity index (χ1) is 13.5. The van der Waals surface area contributed by atoms with Crippen molar-refractivity contribution in [3.8, 4) is 0 Å². The van der Waals surface area contributed by atoms with Crippen molar-refractivity contribution in [1.29, 1.82) is 0 Å². The quantitative estimate of drug-likeness (QED) is 0.569. The molecule has 3 N–H and O–H groups in total. The van der Waals surface area contributed by atoms with E-state index in [0.29, 0.717) is 45.2 Å². The van der Waals surface area contributed by atoms with Crippen molar-refractivity contribution >= 4 is 42.5 Å². The number of carbonyl (C=O) groups is 3. The summed E-state index contributed by atoms with van der Waals surface area (Å²) in [6.07, 6.45) is 4.24. The Balaban J connectivity index is 0.00000225. The van der Waals surface area contributed by atoms with Gasteiger partial charge in [-0.1, -0.05) is 6.92 Å². The second-order valence-corrected chi connectivity index (χ2v) is 8.33. The van der Waals surface area contributed by atoms with Gasteiger partial charge in [-0.15, -0.1) is 24.8 Å². The van der Waals surface area contributed by atoms with Gasteiger partial charge in [0.1, 0.15) is 0 Å². The molecular weight excluding hydrogens is 429 g/mol. The predicted octanol–water partition coefficient (Wildman–Crippen LogP) is 0.476. The lowest BCUT2D eigenvalue weighted by Gasteiger charge is -2.33. The van der Waals surface area contributed by atoms with Gasteiger partial charge in [0.05, 0.1) is 11.8 Å². The number of piperidine rings is 1. The first kappa shape index (κ1) is 26.9. The minimum atomic E-state index is -0.269. The summed E-state index contributed by atoms with van der Waals surface area (Å²) in [5.41, 5.74) is 5.45. The molecule has 10 heteroatoms. The topological polar surface area (TPSA) is 99.0 Å². The molecule has 3 rings (SSSR count). The highest BCUT2D eigenvalue weighted by atomic mass is 35.5. The number of amides is 3. The van der Waals surface area contributed by atoms with E-state index in [1.807, 2.05) is 4.90 Å².